The van der Waals surface area contributed by atoms with Gasteiger partial charge in [0, 0.05) is 17.8 Å². The fourth-order valence-electron chi connectivity index (χ4n) is 3.56. The molecule has 6 nitrogen and oxygen atoms in total. The van der Waals surface area contributed by atoms with Gasteiger partial charge in [-0.15, -0.1) is 10.2 Å². The molecule has 0 bridgehead atoms. The van der Waals surface area contributed by atoms with Gasteiger partial charge in [-0.1, -0.05) is 50.7 Å². The van der Waals surface area contributed by atoms with E-state index in [1.807, 2.05) is 23.5 Å². The lowest BCUT2D eigenvalue weighted by atomic mass is 10.0. The van der Waals surface area contributed by atoms with Crippen LogP contribution in [0.25, 0.3) is 16.6 Å². The van der Waals surface area contributed by atoms with Gasteiger partial charge in [0.25, 0.3) is 0 Å². The molecule has 150 valence electrons. The van der Waals surface area contributed by atoms with E-state index >= 15 is 0 Å². The summed E-state index contributed by atoms with van der Waals surface area (Å²) in [5.41, 5.74) is 5.89. The van der Waals surface area contributed by atoms with Gasteiger partial charge in [0.1, 0.15) is 11.4 Å². The molecule has 1 amide bonds. The number of hydrogen-bond acceptors (Lipinski definition) is 5. The second-order valence-corrected chi connectivity index (χ2v) is 8.06. The van der Waals surface area contributed by atoms with Gasteiger partial charge < -0.3 is 9.73 Å². The second-order valence-electron chi connectivity index (χ2n) is 6.87. The minimum Gasteiger partial charge on any atom is -0.463 e. The number of carbonyl (C=O) groups is 1. The maximum absolute atomic E-state index is 13.1. The van der Waals surface area contributed by atoms with Crippen molar-refractivity contribution in [3.63, 3.8) is 0 Å². The van der Waals surface area contributed by atoms with Crippen molar-refractivity contribution < 1.29 is 9.21 Å². The summed E-state index contributed by atoms with van der Waals surface area (Å²) < 4.78 is 7.45. The summed E-state index contributed by atoms with van der Waals surface area (Å²) >= 11 is 1.44. The van der Waals surface area contributed by atoms with Crippen molar-refractivity contribution in [1.29, 1.82) is 0 Å². The van der Waals surface area contributed by atoms with Crippen LogP contribution in [-0.2, 0) is 17.6 Å². The summed E-state index contributed by atoms with van der Waals surface area (Å²) in [5, 5.41) is 12.1. The Kier molecular flexibility index (Phi) is 5.58. The fraction of sp³-hybridized carbons (Fsp3) is 0.318. The zero-order valence-electron chi connectivity index (χ0n) is 16.8. The number of fused-ring (bicyclic) bond motifs is 3. The number of hydrogen-bond donors (Lipinski definition) is 1. The largest absolute Gasteiger partial charge is 0.463 e. The van der Waals surface area contributed by atoms with Crippen molar-refractivity contribution in [2.75, 3.05) is 5.32 Å². The standard InChI is InChI=1S/C22H24N4O2S/c1-4-14-8-7-9-15(5-2)20(14)24-21(27)19(6-3)29-22-17-12-18-16(10-11-28-18)26(17)13-23-25-22/h7-13,19H,4-6H2,1-3H3,(H,24,27)/t19-/m1/s1. The number of nitrogens with one attached hydrogen (secondary N) is 1. The first-order chi connectivity index (χ1) is 14.2. The number of thioether (sulfide) groups is 1. The average Bonchev–Trinajstić information content (AvgIpc) is 3.34. The van der Waals surface area contributed by atoms with E-state index in [0.29, 0.717) is 6.42 Å². The van der Waals surface area contributed by atoms with Gasteiger partial charge in [-0.05, 0) is 30.4 Å². The molecule has 1 N–H and O–H groups in total. The SMILES string of the molecule is CCc1cccc(CC)c1NC(=O)[C@@H](CC)Sc1nncn2c1cc1occc12. The third-order valence-electron chi connectivity index (χ3n) is 5.16. The zero-order valence-corrected chi connectivity index (χ0v) is 17.6. The number of anilines is 1. The van der Waals surface area contributed by atoms with Crippen molar-refractivity contribution >= 4 is 40.0 Å². The summed E-state index contributed by atoms with van der Waals surface area (Å²) in [4.78, 5) is 13.1. The molecule has 1 atom stereocenters. The predicted octanol–water partition coefficient (Wildman–Crippen LogP) is 5.11. The molecule has 1 aromatic carbocycles. The van der Waals surface area contributed by atoms with Crippen molar-refractivity contribution in [3.05, 3.63) is 54.0 Å². The molecule has 7 heteroatoms. The minimum atomic E-state index is -0.272. The number of rotatable bonds is 7. The molecule has 0 saturated carbocycles. The Labute approximate surface area is 173 Å². The van der Waals surface area contributed by atoms with E-state index in [2.05, 4.69) is 47.6 Å². The van der Waals surface area contributed by atoms with Crippen LogP contribution in [0, 0.1) is 0 Å². The van der Waals surface area contributed by atoms with Gasteiger partial charge in [-0.2, -0.15) is 0 Å². The number of benzene rings is 1. The first-order valence-corrected chi connectivity index (χ1v) is 10.8. The Hall–Kier alpha value is -2.80. The highest BCUT2D eigenvalue weighted by atomic mass is 32.2. The van der Waals surface area contributed by atoms with Crippen LogP contribution in [0.1, 0.15) is 38.3 Å². The fourth-order valence-corrected chi connectivity index (χ4v) is 4.54. The quantitative estimate of drug-likeness (QED) is 0.430. The molecular formula is C22H24N4O2S. The third-order valence-corrected chi connectivity index (χ3v) is 6.51. The molecule has 4 aromatic rings. The molecule has 0 radical (unpaired) electrons. The topological polar surface area (TPSA) is 72.4 Å². The second kappa shape index (κ2) is 8.29. The molecule has 0 aliphatic heterocycles. The number of aryl methyl sites for hydroxylation is 2. The molecule has 3 aromatic heterocycles. The number of para-hydroxylation sites is 1. The Morgan fingerprint density at radius 1 is 1.17 bits per heavy atom. The molecular weight excluding hydrogens is 384 g/mol. The Morgan fingerprint density at radius 2 is 1.93 bits per heavy atom. The lowest BCUT2D eigenvalue weighted by Gasteiger charge is -2.18. The summed E-state index contributed by atoms with van der Waals surface area (Å²) in [6, 6.07) is 10.0. The summed E-state index contributed by atoms with van der Waals surface area (Å²) in [6.07, 6.45) is 5.76. The van der Waals surface area contributed by atoms with E-state index < -0.39 is 0 Å². The van der Waals surface area contributed by atoms with Crippen molar-refractivity contribution in [2.24, 2.45) is 0 Å². The third kappa shape index (κ3) is 3.62. The average molecular weight is 409 g/mol. The van der Waals surface area contributed by atoms with Crippen LogP contribution in [0.2, 0.25) is 0 Å². The zero-order chi connectivity index (χ0) is 20.4. The van der Waals surface area contributed by atoms with Gasteiger partial charge in [0.15, 0.2) is 5.58 Å². The van der Waals surface area contributed by atoms with Crippen LogP contribution in [0.5, 0.6) is 0 Å². The van der Waals surface area contributed by atoms with Crippen LogP contribution < -0.4 is 5.32 Å². The maximum atomic E-state index is 13.1. The van der Waals surface area contributed by atoms with Gasteiger partial charge in [-0.25, -0.2) is 0 Å². The van der Waals surface area contributed by atoms with E-state index in [4.69, 9.17) is 4.42 Å². The molecule has 0 aliphatic carbocycles. The Bertz CT molecular complexity index is 1140. The maximum Gasteiger partial charge on any atom is 0.237 e. The molecule has 0 aliphatic rings. The predicted molar refractivity (Wildman–Crippen MR) is 117 cm³/mol. The smallest absolute Gasteiger partial charge is 0.237 e. The van der Waals surface area contributed by atoms with Gasteiger partial charge in [0.05, 0.1) is 22.5 Å². The van der Waals surface area contributed by atoms with E-state index in [-0.39, 0.29) is 11.2 Å². The summed E-state index contributed by atoms with van der Waals surface area (Å²) in [5.74, 6) is -0.00727. The number of carbonyl (C=O) groups excluding carboxylic acids is 1. The van der Waals surface area contributed by atoms with E-state index in [9.17, 15) is 4.79 Å². The van der Waals surface area contributed by atoms with Crippen molar-refractivity contribution in [2.45, 2.75) is 50.3 Å². The van der Waals surface area contributed by atoms with Gasteiger partial charge >= 0.3 is 0 Å². The number of nitrogens with zero attached hydrogens (tertiary/aromatic N) is 3. The number of furan rings is 1. The molecule has 0 spiro atoms. The number of aromatic nitrogens is 3. The van der Waals surface area contributed by atoms with Crippen LogP contribution in [0.3, 0.4) is 0 Å². The highest BCUT2D eigenvalue weighted by Gasteiger charge is 2.23. The van der Waals surface area contributed by atoms with Crippen molar-refractivity contribution in [1.82, 2.24) is 14.6 Å². The minimum absolute atomic E-state index is 0.00727. The van der Waals surface area contributed by atoms with Crippen molar-refractivity contribution in [3.8, 4) is 0 Å². The van der Waals surface area contributed by atoms with Gasteiger partial charge in [-0.3, -0.25) is 9.20 Å². The van der Waals surface area contributed by atoms with Gasteiger partial charge in [0.2, 0.25) is 5.91 Å². The summed E-state index contributed by atoms with van der Waals surface area (Å²) in [6.45, 7) is 6.23. The highest BCUT2D eigenvalue weighted by molar-refractivity contribution is 8.00. The number of amides is 1. The molecule has 29 heavy (non-hydrogen) atoms. The molecule has 0 saturated heterocycles. The highest BCUT2D eigenvalue weighted by Crippen LogP contribution is 2.32. The van der Waals surface area contributed by atoms with Crippen LogP contribution in [0.4, 0.5) is 5.69 Å². The Morgan fingerprint density at radius 3 is 2.62 bits per heavy atom. The lowest BCUT2D eigenvalue weighted by molar-refractivity contribution is -0.115. The molecule has 3 heterocycles. The Balaban J connectivity index is 1.62. The lowest BCUT2D eigenvalue weighted by Crippen LogP contribution is -2.26. The monoisotopic (exact) mass is 408 g/mol. The molecule has 4 rings (SSSR count). The first-order valence-electron chi connectivity index (χ1n) is 9.94. The first kappa shape index (κ1) is 19.5. The van der Waals surface area contributed by atoms with Crippen LogP contribution >= 0.6 is 11.8 Å². The normalized spacial score (nSPS) is 12.5. The van der Waals surface area contributed by atoms with Crippen LogP contribution in [-0.4, -0.2) is 25.8 Å². The van der Waals surface area contributed by atoms with Crippen LogP contribution in [0.15, 0.2) is 52.4 Å². The molecule has 0 unspecified atom stereocenters. The van der Waals surface area contributed by atoms with E-state index in [0.717, 1.165) is 51.3 Å². The van der Waals surface area contributed by atoms with E-state index in [1.165, 1.54) is 11.8 Å². The molecule has 0 fully saturated rings. The summed E-state index contributed by atoms with van der Waals surface area (Å²) in [7, 11) is 0. The van der Waals surface area contributed by atoms with E-state index in [1.54, 1.807) is 12.6 Å².